The first-order valence-electron chi connectivity index (χ1n) is 20.5. The summed E-state index contributed by atoms with van der Waals surface area (Å²) in [4.78, 5) is 47.1. The van der Waals surface area contributed by atoms with Crippen LogP contribution >= 0.6 is 0 Å². The van der Waals surface area contributed by atoms with Crippen molar-refractivity contribution in [3.05, 3.63) is 47.3 Å². The molecule has 0 saturated carbocycles. The number of benzene rings is 1. The number of hydrogen-bond donors (Lipinski definition) is 2. The molecule has 0 spiro atoms. The number of rotatable bonds is 36. The molecule has 0 saturated heterocycles. The zero-order valence-electron chi connectivity index (χ0n) is 36.6. The molecule has 344 valence electrons. The molecule has 61 heavy (non-hydrogen) atoms. The number of carbonyl (C=O) groups is 4. The van der Waals surface area contributed by atoms with Crippen molar-refractivity contribution in [1.82, 2.24) is 0 Å². The van der Waals surface area contributed by atoms with Crippen LogP contribution in [0.1, 0.15) is 58.9 Å². The second-order valence-electron chi connectivity index (χ2n) is 13.7. The molecule has 0 aromatic heterocycles. The quantitative estimate of drug-likeness (QED) is 0.0402. The van der Waals surface area contributed by atoms with E-state index in [0.29, 0.717) is 102 Å². The maximum Gasteiger partial charge on any atom is 0.333 e. The van der Waals surface area contributed by atoms with Crippen molar-refractivity contribution in [1.29, 1.82) is 0 Å². The van der Waals surface area contributed by atoms with Crippen LogP contribution in [0.2, 0.25) is 0 Å². The summed E-state index contributed by atoms with van der Waals surface area (Å²) in [5, 5.41) is 6.76. The molecule has 18 heteroatoms. The minimum absolute atomic E-state index is 0.133. The minimum atomic E-state index is -0.443. The number of hydrogen-bond acceptors (Lipinski definition) is 18. The lowest BCUT2D eigenvalue weighted by Gasteiger charge is -2.16. The first-order valence-corrected chi connectivity index (χ1v) is 20.5. The Kier molecular flexibility index (Phi) is 27.5. The van der Waals surface area contributed by atoms with Gasteiger partial charge in [-0.25, -0.2) is 9.59 Å². The molecule has 2 N–H and O–H groups in total. The van der Waals surface area contributed by atoms with Gasteiger partial charge in [0.2, 0.25) is 0 Å². The Hall–Kier alpha value is -4.72. The van der Waals surface area contributed by atoms with Crippen LogP contribution in [0.4, 0.5) is 11.4 Å². The average molecular weight is 867 g/mol. The molecule has 0 amide bonds. The van der Waals surface area contributed by atoms with Gasteiger partial charge < -0.3 is 67.5 Å². The van der Waals surface area contributed by atoms with E-state index in [1.54, 1.807) is 13.8 Å². The molecule has 0 unspecified atom stereocenters. The summed E-state index contributed by atoms with van der Waals surface area (Å²) in [7, 11) is 0. The molecule has 0 bridgehead atoms. The third-order valence-corrected chi connectivity index (χ3v) is 8.07. The lowest BCUT2D eigenvalue weighted by Crippen LogP contribution is -2.15. The molecule has 2 rings (SSSR count). The van der Waals surface area contributed by atoms with Crippen molar-refractivity contribution in [2.24, 2.45) is 0 Å². The molecule has 0 fully saturated rings. The Morgan fingerprint density at radius 3 is 1.25 bits per heavy atom. The van der Waals surface area contributed by atoms with Crippen LogP contribution in [-0.2, 0) is 66.5 Å². The monoisotopic (exact) mass is 866 g/mol. The van der Waals surface area contributed by atoms with E-state index < -0.39 is 11.9 Å². The molecule has 1 heterocycles. The summed E-state index contributed by atoms with van der Waals surface area (Å²) in [6.07, 6.45) is 1.27. The molecule has 0 aliphatic carbocycles. The smallest absolute Gasteiger partial charge is 0.333 e. The van der Waals surface area contributed by atoms with Crippen molar-refractivity contribution in [3.8, 4) is 11.5 Å². The van der Waals surface area contributed by atoms with Gasteiger partial charge in [-0.1, -0.05) is 13.2 Å². The highest BCUT2D eigenvalue weighted by Gasteiger charge is 2.26. The van der Waals surface area contributed by atoms with Gasteiger partial charge in [0, 0.05) is 24.0 Å². The van der Waals surface area contributed by atoms with E-state index in [2.05, 4.69) is 23.8 Å². The van der Waals surface area contributed by atoms with Crippen LogP contribution in [0.5, 0.6) is 11.5 Å². The Labute approximate surface area is 359 Å². The van der Waals surface area contributed by atoms with Gasteiger partial charge in [-0.15, -0.1) is 0 Å². The van der Waals surface area contributed by atoms with Crippen LogP contribution < -0.4 is 20.1 Å². The summed E-state index contributed by atoms with van der Waals surface area (Å²) >= 11 is 0. The molecule has 0 atom stereocenters. The number of anilines is 2. The lowest BCUT2D eigenvalue weighted by molar-refractivity contribution is -0.146. The predicted molar refractivity (Wildman–Crippen MR) is 225 cm³/mol. The van der Waals surface area contributed by atoms with E-state index >= 15 is 0 Å². The third kappa shape index (κ3) is 23.8. The number of ether oxygens (including phenoxy) is 12. The molecular weight excluding hydrogens is 800 g/mol. The topological polar surface area (TPSA) is 203 Å². The summed E-state index contributed by atoms with van der Waals surface area (Å²) in [6, 6.07) is 1.88. The first kappa shape index (κ1) is 52.4. The second-order valence-corrected chi connectivity index (χ2v) is 13.7. The van der Waals surface area contributed by atoms with Crippen LogP contribution in [-0.4, -0.2) is 143 Å². The van der Waals surface area contributed by atoms with Gasteiger partial charge in [0.05, 0.1) is 92.5 Å². The number of nitrogens with one attached hydrogen (secondary N) is 2. The van der Waals surface area contributed by atoms with Crippen molar-refractivity contribution in [2.75, 3.05) is 130 Å². The number of aryl methyl sites for hydroxylation is 1. The molecule has 1 aliphatic heterocycles. The largest absolute Gasteiger partial charge is 0.491 e. The van der Waals surface area contributed by atoms with Gasteiger partial charge in [-0.2, -0.15) is 0 Å². The van der Waals surface area contributed by atoms with Crippen molar-refractivity contribution < 1.29 is 76.0 Å². The maximum absolute atomic E-state index is 12.3. The van der Waals surface area contributed by atoms with Crippen LogP contribution in [0.3, 0.4) is 0 Å². The molecule has 0 radical (unpaired) electrons. The summed E-state index contributed by atoms with van der Waals surface area (Å²) < 4.78 is 65.0. The van der Waals surface area contributed by atoms with E-state index in [1.807, 2.05) is 26.8 Å². The van der Waals surface area contributed by atoms with Gasteiger partial charge in [0.1, 0.15) is 55.1 Å². The third-order valence-electron chi connectivity index (χ3n) is 8.07. The Morgan fingerprint density at radius 1 is 0.492 bits per heavy atom. The number of allylic oxidation sites excluding steroid dienone is 1. The second kappa shape index (κ2) is 32.1. The number of esters is 4. The highest BCUT2D eigenvalue weighted by atomic mass is 16.6. The van der Waals surface area contributed by atoms with Gasteiger partial charge in [0.15, 0.2) is 0 Å². The summed E-state index contributed by atoms with van der Waals surface area (Å²) in [5.74, 6) is 0.506. The standard InChI is InChI=1S/C43H66N2O16/c1-31(2)41-44-38-35(56-12-8-10-36(46)57-26-22-52-18-14-50-16-20-54-24-28-60-42(48)32(3)4)30-34(7)40(39(38)45-41)59-13-9-11-37(47)58-27-23-53-19-15-51-17-21-55-25-29-61-43(49)33(5)6/h30,44-45H,3,5,8-29H2,1-2,4,6-7H3. The average Bonchev–Trinajstić information content (AvgIpc) is 3.68. The van der Waals surface area contributed by atoms with Gasteiger partial charge in [-0.3, -0.25) is 9.59 Å². The highest BCUT2D eigenvalue weighted by Crippen LogP contribution is 2.48. The zero-order valence-corrected chi connectivity index (χ0v) is 36.6. The van der Waals surface area contributed by atoms with E-state index in [-0.39, 0.29) is 77.6 Å². The first-order chi connectivity index (χ1) is 29.4. The van der Waals surface area contributed by atoms with E-state index in [1.165, 1.54) is 0 Å². The number of fused-ring (bicyclic) bond motifs is 1. The van der Waals surface area contributed by atoms with Crippen molar-refractivity contribution in [3.63, 3.8) is 0 Å². The zero-order chi connectivity index (χ0) is 44.7. The highest BCUT2D eigenvalue weighted by molar-refractivity contribution is 5.90. The normalized spacial score (nSPS) is 11.5. The van der Waals surface area contributed by atoms with Gasteiger partial charge in [0.25, 0.3) is 0 Å². The Morgan fingerprint density at radius 2 is 0.852 bits per heavy atom. The molecule has 18 nitrogen and oxygen atoms in total. The van der Waals surface area contributed by atoms with E-state index in [0.717, 1.165) is 28.3 Å². The Bertz CT molecular complexity index is 1560. The van der Waals surface area contributed by atoms with Crippen molar-refractivity contribution in [2.45, 2.75) is 60.3 Å². The Balaban J connectivity index is 1.56. The molecular formula is C43H66N2O16. The van der Waals surface area contributed by atoms with Gasteiger partial charge >= 0.3 is 23.9 Å². The fraction of sp³-hybridized carbons (Fsp3) is 0.628. The lowest BCUT2D eigenvalue weighted by atomic mass is 10.1. The fourth-order valence-corrected chi connectivity index (χ4v) is 4.92. The predicted octanol–water partition coefficient (Wildman–Crippen LogP) is 4.83. The number of carbonyl (C=O) groups excluding carboxylic acids is 4. The summed E-state index contributed by atoms with van der Waals surface area (Å²) in [5.41, 5.74) is 4.03. The fourth-order valence-electron chi connectivity index (χ4n) is 4.92. The van der Waals surface area contributed by atoms with Crippen LogP contribution in [0.15, 0.2) is 41.8 Å². The maximum atomic E-state index is 12.3. The van der Waals surface area contributed by atoms with E-state index in [4.69, 9.17) is 56.8 Å². The minimum Gasteiger partial charge on any atom is -0.491 e. The van der Waals surface area contributed by atoms with Crippen LogP contribution in [0, 0.1) is 6.92 Å². The SMILES string of the molecule is C=C(C)C(=O)OCCOCCOCCOCCOC(=O)CCCOc1cc(C)c(OCCCC(=O)OCCOCCOCCOCCOC(=O)C(=C)C)c2c1NC(=C(C)C)N2. The van der Waals surface area contributed by atoms with Gasteiger partial charge in [-0.05, 0) is 64.7 Å². The molecule has 1 aromatic carbocycles. The molecule has 1 aromatic rings. The molecule has 1 aliphatic rings. The van der Waals surface area contributed by atoms with E-state index in [9.17, 15) is 19.2 Å². The van der Waals surface area contributed by atoms with Crippen LogP contribution in [0.25, 0.3) is 0 Å². The van der Waals surface area contributed by atoms with Crippen molar-refractivity contribution >= 4 is 35.3 Å². The summed E-state index contributed by atoms with van der Waals surface area (Å²) in [6.45, 7) is 21.1.